The van der Waals surface area contributed by atoms with Crippen molar-refractivity contribution in [3.63, 3.8) is 0 Å². The molecule has 12 heteroatoms. The first-order valence-electron chi connectivity index (χ1n) is 33.0. The van der Waals surface area contributed by atoms with Crippen molar-refractivity contribution in [1.82, 2.24) is 59.8 Å². The van der Waals surface area contributed by atoms with Crippen LogP contribution in [0.3, 0.4) is 0 Å². The van der Waals surface area contributed by atoms with E-state index < -0.39 is 0 Å². The summed E-state index contributed by atoms with van der Waals surface area (Å²) in [5.74, 6) is 8.52. The fourth-order valence-corrected chi connectivity index (χ4v) is 11.9. The molecule has 4 heterocycles. The molecule has 0 unspecified atom stereocenters. The van der Waals surface area contributed by atoms with Crippen molar-refractivity contribution in [3.8, 4) is 113 Å². The van der Waals surface area contributed by atoms with Gasteiger partial charge in [0.1, 0.15) is 23.3 Å². The lowest BCUT2D eigenvalue weighted by Gasteiger charge is -2.12. The van der Waals surface area contributed by atoms with E-state index in [0.717, 1.165) is 78.1 Å². The number of hydrogen-bond donors (Lipinski definition) is 0. The van der Waals surface area contributed by atoms with E-state index >= 15 is 0 Å². The molecular formula is C88H66N12. The summed E-state index contributed by atoms with van der Waals surface area (Å²) >= 11 is 0. The molecule has 0 bridgehead atoms. The minimum atomic E-state index is 0.698. The Kier molecular flexibility index (Phi) is 19.3. The molecule has 0 aliphatic heterocycles. The molecule has 100 heavy (non-hydrogen) atoms. The Labute approximate surface area is 580 Å². The molecule has 478 valence electrons. The maximum Gasteiger partial charge on any atom is 0.164 e. The Balaban J connectivity index is 0.000000114. The molecule has 12 nitrogen and oxygen atoms in total. The summed E-state index contributed by atoms with van der Waals surface area (Å²) in [4.78, 5) is 55.2. The second-order valence-corrected chi connectivity index (χ2v) is 23.7. The highest BCUT2D eigenvalue weighted by Crippen LogP contribution is 2.36. The van der Waals surface area contributed by atoms with Crippen LogP contribution in [-0.2, 0) is 0 Å². The Morgan fingerprint density at radius 3 is 0.890 bits per heavy atom. The van der Waals surface area contributed by atoms with E-state index in [-0.39, 0.29) is 0 Å². The molecule has 17 rings (SSSR count). The van der Waals surface area contributed by atoms with Gasteiger partial charge >= 0.3 is 0 Å². The van der Waals surface area contributed by atoms with Gasteiger partial charge in [-0.15, -0.1) is 0 Å². The molecule has 0 amide bonds. The minimum Gasteiger partial charge on any atom is -0.213 e. The number of fused-ring (bicyclic) bond motifs is 3. The Bertz CT molecular complexity index is 5640. The van der Waals surface area contributed by atoms with Crippen molar-refractivity contribution < 1.29 is 0 Å². The van der Waals surface area contributed by atoms with Crippen molar-refractivity contribution >= 4 is 32.3 Å². The predicted molar refractivity (Wildman–Crippen MR) is 405 cm³/mol. The van der Waals surface area contributed by atoms with E-state index in [1.165, 1.54) is 32.7 Å². The molecule has 0 saturated heterocycles. The first-order chi connectivity index (χ1) is 49.2. The highest BCUT2D eigenvalue weighted by molar-refractivity contribution is 6.04. The van der Waals surface area contributed by atoms with Crippen LogP contribution in [0.25, 0.3) is 146 Å². The molecule has 0 aliphatic carbocycles. The number of benzene rings is 13. The fourth-order valence-electron chi connectivity index (χ4n) is 11.9. The number of rotatable bonds is 10. The summed E-state index contributed by atoms with van der Waals surface area (Å²) < 4.78 is 0. The summed E-state index contributed by atoms with van der Waals surface area (Å²) in [6, 6.07) is 111. The highest BCUT2D eigenvalue weighted by atomic mass is 15.1. The van der Waals surface area contributed by atoms with Crippen molar-refractivity contribution in [2.24, 2.45) is 0 Å². The van der Waals surface area contributed by atoms with Crippen LogP contribution in [0.5, 0.6) is 0 Å². The van der Waals surface area contributed by atoms with Gasteiger partial charge in [-0.1, -0.05) is 315 Å². The normalized spacial score (nSPS) is 10.8. The average molecular weight is 1290 g/mol. The minimum absolute atomic E-state index is 0.698. The van der Waals surface area contributed by atoms with Gasteiger partial charge in [0.05, 0.1) is 0 Å². The Hall–Kier alpha value is -13.3. The maximum atomic E-state index is 4.80. The fraction of sp³-hybridized carbons (Fsp3) is 0.0455. The predicted octanol–water partition coefficient (Wildman–Crippen LogP) is 20.8. The van der Waals surface area contributed by atoms with Crippen LogP contribution in [0.2, 0.25) is 0 Å². The zero-order valence-electron chi connectivity index (χ0n) is 55.5. The molecule has 0 fully saturated rings. The highest BCUT2D eigenvalue weighted by Gasteiger charge is 2.17. The van der Waals surface area contributed by atoms with E-state index in [2.05, 4.69) is 184 Å². The second kappa shape index (κ2) is 30.2. The summed E-state index contributed by atoms with van der Waals surface area (Å²) in [7, 11) is 0. The first-order valence-corrected chi connectivity index (χ1v) is 33.0. The molecule has 0 aliphatic rings. The van der Waals surface area contributed by atoms with Crippen LogP contribution in [0, 0.1) is 27.7 Å². The van der Waals surface area contributed by atoms with Crippen molar-refractivity contribution in [3.05, 3.63) is 351 Å². The van der Waals surface area contributed by atoms with Gasteiger partial charge in [0, 0.05) is 44.5 Å². The van der Waals surface area contributed by atoms with Crippen LogP contribution in [0.4, 0.5) is 0 Å². The third kappa shape index (κ3) is 15.0. The van der Waals surface area contributed by atoms with Crippen LogP contribution < -0.4 is 0 Å². The van der Waals surface area contributed by atoms with Crippen molar-refractivity contribution in [2.75, 3.05) is 0 Å². The zero-order chi connectivity index (χ0) is 68.0. The topological polar surface area (TPSA) is 155 Å². The van der Waals surface area contributed by atoms with E-state index in [0.29, 0.717) is 58.2 Å². The van der Waals surface area contributed by atoms with Crippen LogP contribution in [-0.4, -0.2) is 59.8 Å². The monoisotopic (exact) mass is 1290 g/mol. The molecule has 0 radical (unpaired) electrons. The van der Waals surface area contributed by atoms with E-state index in [9.17, 15) is 0 Å². The summed E-state index contributed by atoms with van der Waals surface area (Å²) in [5.41, 5.74) is 12.7. The van der Waals surface area contributed by atoms with E-state index in [4.69, 9.17) is 15.0 Å². The van der Waals surface area contributed by atoms with Crippen molar-refractivity contribution in [1.29, 1.82) is 0 Å². The van der Waals surface area contributed by atoms with Gasteiger partial charge in [0.2, 0.25) is 0 Å². The van der Waals surface area contributed by atoms with Gasteiger partial charge in [-0.25, -0.2) is 59.8 Å². The summed E-state index contributed by atoms with van der Waals surface area (Å²) in [5, 5.41) is 7.06. The van der Waals surface area contributed by atoms with Crippen LogP contribution in [0.15, 0.2) is 328 Å². The standard InChI is InChI=1S/C26H19N3.C22H17N3.2C20H15N3/c1-18-27-25(20-12-6-3-7-13-20)29-26(28-18)24-17-16-21(19-10-4-2-5-11-19)22-14-8-9-15-23(22)24;1-16-23-21(18-12-6-3-7-13-18)25-22(24-16)20-15-9-8-14-19(20)17-10-4-2-5-11-17;1-14-21-19(16-9-3-2-4-10-16)23-20(22-14)18-13-7-11-15-8-5-6-12-17(15)18;1-14-21-19(16-8-3-2-4-9-16)23-20(22-14)18-12-11-15-7-5-6-10-17(15)13-18/h2-17H,1H3;2-15H,1H3;2*2-13H,1H3. The van der Waals surface area contributed by atoms with Crippen LogP contribution >= 0.6 is 0 Å². The van der Waals surface area contributed by atoms with Gasteiger partial charge in [-0.05, 0) is 94.4 Å². The lowest BCUT2D eigenvalue weighted by atomic mass is 9.95. The van der Waals surface area contributed by atoms with Gasteiger partial charge in [0.15, 0.2) is 46.6 Å². The SMILES string of the molecule is Cc1nc(-c2ccccc2)nc(-c2ccc(-c3ccccc3)c3ccccc23)n1.Cc1nc(-c2ccccc2)nc(-c2ccc3ccccc3c2)n1.Cc1nc(-c2ccccc2)nc(-c2cccc3ccccc23)n1.Cc1nc(-c2ccccc2)nc(-c2ccccc2-c2ccccc2)n1. The van der Waals surface area contributed by atoms with Crippen LogP contribution in [0.1, 0.15) is 23.3 Å². The molecule has 17 aromatic rings. The molecule has 0 spiro atoms. The first kappa shape index (κ1) is 64.0. The third-order valence-corrected chi connectivity index (χ3v) is 16.7. The number of aromatic nitrogens is 12. The quantitative estimate of drug-likeness (QED) is 0.128. The van der Waals surface area contributed by atoms with Gasteiger partial charge in [-0.3, -0.25) is 0 Å². The molecule has 13 aromatic carbocycles. The van der Waals surface area contributed by atoms with Gasteiger partial charge in [0.25, 0.3) is 0 Å². The van der Waals surface area contributed by atoms with Gasteiger partial charge < -0.3 is 0 Å². The Morgan fingerprint density at radius 2 is 0.430 bits per heavy atom. The smallest absolute Gasteiger partial charge is 0.164 e. The van der Waals surface area contributed by atoms with Gasteiger partial charge in [-0.2, -0.15) is 0 Å². The van der Waals surface area contributed by atoms with Crippen molar-refractivity contribution in [2.45, 2.75) is 27.7 Å². The molecule has 0 atom stereocenters. The lowest BCUT2D eigenvalue weighted by Crippen LogP contribution is -2.00. The molecule has 0 saturated carbocycles. The van der Waals surface area contributed by atoms with E-state index in [1.807, 2.05) is 216 Å². The molecule has 0 N–H and O–H groups in total. The largest absolute Gasteiger partial charge is 0.213 e. The van der Waals surface area contributed by atoms with E-state index in [1.54, 1.807) is 0 Å². The zero-order valence-corrected chi connectivity index (χ0v) is 55.5. The summed E-state index contributed by atoms with van der Waals surface area (Å²) in [6.45, 7) is 7.63. The molecular weight excluding hydrogens is 1230 g/mol. The Morgan fingerprint density at radius 1 is 0.150 bits per heavy atom. The number of hydrogen-bond acceptors (Lipinski definition) is 12. The third-order valence-electron chi connectivity index (χ3n) is 16.7. The number of nitrogens with zero attached hydrogens (tertiary/aromatic N) is 12. The molecule has 4 aromatic heterocycles. The number of aryl methyl sites for hydroxylation is 4. The maximum absolute atomic E-state index is 4.80. The lowest BCUT2D eigenvalue weighted by molar-refractivity contribution is 0.992. The second-order valence-electron chi connectivity index (χ2n) is 23.7. The average Bonchev–Trinajstić information content (AvgIpc) is 0.792. The summed E-state index contributed by atoms with van der Waals surface area (Å²) in [6.07, 6.45) is 0.